The van der Waals surface area contributed by atoms with E-state index in [-0.39, 0.29) is 5.41 Å². The molecule has 0 aromatic rings. The van der Waals surface area contributed by atoms with Gasteiger partial charge in [0.1, 0.15) is 0 Å². The standard InChI is InChI=1S/C6H14N2O2/c1-6(2,3)4(7)5(9)8-10/h4,10H,7H2,1-3H3,(H,8,9)/t4-/m0/s1. The molecule has 0 heterocycles. The Morgan fingerprint density at radius 2 is 2.00 bits per heavy atom. The monoisotopic (exact) mass is 146 g/mol. The van der Waals surface area contributed by atoms with Crippen molar-refractivity contribution in [2.45, 2.75) is 26.8 Å². The van der Waals surface area contributed by atoms with E-state index in [1.165, 1.54) is 5.48 Å². The van der Waals surface area contributed by atoms with Crippen LogP contribution in [0.5, 0.6) is 0 Å². The van der Waals surface area contributed by atoms with Crippen molar-refractivity contribution >= 4 is 5.91 Å². The van der Waals surface area contributed by atoms with Gasteiger partial charge in [-0.05, 0) is 5.41 Å². The molecule has 0 bridgehead atoms. The molecule has 0 saturated carbocycles. The van der Waals surface area contributed by atoms with Gasteiger partial charge in [-0.15, -0.1) is 0 Å². The van der Waals surface area contributed by atoms with Crippen LogP contribution in [0.1, 0.15) is 20.8 Å². The number of hydrogen-bond acceptors (Lipinski definition) is 3. The summed E-state index contributed by atoms with van der Waals surface area (Å²) >= 11 is 0. The van der Waals surface area contributed by atoms with Gasteiger partial charge in [0.2, 0.25) is 0 Å². The summed E-state index contributed by atoms with van der Waals surface area (Å²) in [4.78, 5) is 10.7. The molecule has 0 saturated heterocycles. The molecule has 1 atom stereocenters. The summed E-state index contributed by atoms with van der Waals surface area (Å²) in [5, 5.41) is 8.19. The maximum Gasteiger partial charge on any atom is 0.260 e. The second-order valence-corrected chi connectivity index (χ2v) is 3.32. The van der Waals surface area contributed by atoms with E-state index in [1.54, 1.807) is 0 Å². The van der Waals surface area contributed by atoms with Gasteiger partial charge < -0.3 is 5.73 Å². The molecule has 0 aromatic heterocycles. The fraction of sp³-hybridized carbons (Fsp3) is 0.833. The summed E-state index contributed by atoms with van der Waals surface area (Å²) in [5.41, 5.74) is 6.63. The van der Waals surface area contributed by atoms with Crippen LogP contribution >= 0.6 is 0 Å². The summed E-state index contributed by atoms with van der Waals surface area (Å²) in [5.74, 6) is -0.549. The average Bonchev–Trinajstić information content (AvgIpc) is 1.83. The molecule has 0 radical (unpaired) electrons. The molecular weight excluding hydrogens is 132 g/mol. The third-order valence-electron chi connectivity index (χ3n) is 1.33. The lowest BCUT2D eigenvalue weighted by molar-refractivity contribution is -0.132. The van der Waals surface area contributed by atoms with Crippen LogP contribution in [0, 0.1) is 5.41 Å². The van der Waals surface area contributed by atoms with Crippen molar-refractivity contribution in [3.05, 3.63) is 0 Å². The summed E-state index contributed by atoms with van der Waals surface area (Å²) < 4.78 is 0. The molecular formula is C6H14N2O2. The van der Waals surface area contributed by atoms with E-state index < -0.39 is 11.9 Å². The van der Waals surface area contributed by atoms with Crippen LogP contribution in [0.3, 0.4) is 0 Å². The zero-order valence-corrected chi connectivity index (χ0v) is 6.51. The molecule has 4 N–H and O–H groups in total. The molecule has 1 amide bonds. The maximum atomic E-state index is 10.7. The van der Waals surface area contributed by atoms with Crippen molar-refractivity contribution in [1.29, 1.82) is 0 Å². The summed E-state index contributed by atoms with van der Waals surface area (Å²) in [6.07, 6.45) is 0. The van der Waals surface area contributed by atoms with Crippen LogP contribution in [0.25, 0.3) is 0 Å². The van der Waals surface area contributed by atoms with Crippen molar-refractivity contribution in [2.24, 2.45) is 11.1 Å². The number of hydrogen-bond donors (Lipinski definition) is 3. The minimum absolute atomic E-state index is 0.313. The Hall–Kier alpha value is -0.610. The Morgan fingerprint density at radius 3 is 2.10 bits per heavy atom. The van der Waals surface area contributed by atoms with Crippen molar-refractivity contribution in [1.82, 2.24) is 5.48 Å². The van der Waals surface area contributed by atoms with Gasteiger partial charge in [0, 0.05) is 0 Å². The van der Waals surface area contributed by atoms with Crippen LogP contribution in [-0.2, 0) is 4.79 Å². The smallest absolute Gasteiger partial charge is 0.260 e. The molecule has 4 nitrogen and oxygen atoms in total. The Bertz CT molecular complexity index is 128. The fourth-order valence-electron chi connectivity index (χ4n) is 0.463. The predicted molar refractivity (Wildman–Crippen MR) is 37.4 cm³/mol. The third-order valence-corrected chi connectivity index (χ3v) is 1.33. The minimum Gasteiger partial charge on any atom is -0.319 e. The van der Waals surface area contributed by atoms with E-state index in [0.29, 0.717) is 0 Å². The van der Waals surface area contributed by atoms with E-state index in [1.807, 2.05) is 20.8 Å². The van der Waals surface area contributed by atoms with Crippen LogP contribution in [0.2, 0.25) is 0 Å². The van der Waals surface area contributed by atoms with Gasteiger partial charge in [-0.2, -0.15) is 0 Å². The lowest BCUT2D eigenvalue weighted by Gasteiger charge is -2.24. The summed E-state index contributed by atoms with van der Waals surface area (Å²) in [6.45, 7) is 5.48. The van der Waals surface area contributed by atoms with Crippen LogP contribution in [0.15, 0.2) is 0 Å². The van der Waals surface area contributed by atoms with Gasteiger partial charge in [-0.3, -0.25) is 10.0 Å². The first-order valence-electron chi connectivity index (χ1n) is 3.09. The highest BCUT2D eigenvalue weighted by molar-refractivity contribution is 5.81. The first-order chi connectivity index (χ1) is 4.39. The van der Waals surface area contributed by atoms with Crippen molar-refractivity contribution in [3.8, 4) is 0 Å². The third kappa shape index (κ3) is 2.33. The van der Waals surface area contributed by atoms with Crippen molar-refractivity contribution < 1.29 is 10.0 Å². The highest BCUT2D eigenvalue weighted by Crippen LogP contribution is 2.16. The maximum absolute atomic E-state index is 10.7. The molecule has 0 aliphatic rings. The highest BCUT2D eigenvalue weighted by atomic mass is 16.5. The summed E-state index contributed by atoms with van der Waals surface area (Å²) in [6, 6.07) is -0.669. The van der Waals surface area contributed by atoms with E-state index in [2.05, 4.69) is 0 Å². The van der Waals surface area contributed by atoms with Gasteiger partial charge in [-0.1, -0.05) is 20.8 Å². The van der Waals surface area contributed by atoms with Crippen molar-refractivity contribution in [3.63, 3.8) is 0 Å². The Labute approximate surface area is 60.4 Å². The largest absolute Gasteiger partial charge is 0.319 e. The summed E-state index contributed by atoms with van der Waals surface area (Å²) in [7, 11) is 0. The van der Waals surface area contributed by atoms with Gasteiger partial charge in [0.25, 0.3) is 5.91 Å². The van der Waals surface area contributed by atoms with Crippen molar-refractivity contribution in [2.75, 3.05) is 0 Å². The lowest BCUT2D eigenvalue weighted by atomic mass is 9.87. The predicted octanol–water partition coefficient (Wildman–Crippen LogP) is -0.135. The number of rotatable bonds is 1. The van der Waals surface area contributed by atoms with Gasteiger partial charge >= 0.3 is 0 Å². The van der Waals surface area contributed by atoms with Crippen LogP contribution in [-0.4, -0.2) is 17.2 Å². The van der Waals surface area contributed by atoms with Crippen LogP contribution in [0.4, 0.5) is 0 Å². The fourth-order valence-corrected chi connectivity index (χ4v) is 0.463. The lowest BCUT2D eigenvalue weighted by Crippen LogP contribution is -2.47. The number of nitrogens with two attached hydrogens (primary N) is 1. The van der Waals surface area contributed by atoms with E-state index in [0.717, 1.165) is 0 Å². The highest BCUT2D eigenvalue weighted by Gasteiger charge is 2.26. The number of hydroxylamine groups is 1. The zero-order valence-electron chi connectivity index (χ0n) is 6.51. The number of carbonyl (C=O) groups excluding carboxylic acids is 1. The first kappa shape index (κ1) is 9.39. The zero-order chi connectivity index (χ0) is 8.36. The van der Waals surface area contributed by atoms with E-state index in [9.17, 15) is 4.79 Å². The second kappa shape index (κ2) is 2.98. The Balaban J connectivity index is 4.08. The number of nitrogens with one attached hydrogen (secondary N) is 1. The average molecular weight is 146 g/mol. The van der Waals surface area contributed by atoms with E-state index in [4.69, 9.17) is 10.9 Å². The molecule has 4 heteroatoms. The molecule has 0 unspecified atom stereocenters. The quantitative estimate of drug-likeness (QED) is 0.356. The number of carbonyl (C=O) groups is 1. The van der Waals surface area contributed by atoms with Gasteiger partial charge in [0.15, 0.2) is 0 Å². The SMILES string of the molecule is CC(C)(C)[C@@H](N)C(=O)NO. The molecule has 0 fully saturated rings. The minimum atomic E-state index is -0.669. The molecule has 10 heavy (non-hydrogen) atoms. The normalized spacial score (nSPS) is 14.5. The number of amides is 1. The molecule has 0 aromatic carbocycles. The molecule has 0 aliphatic carbocycles. The van der Waals surface area contributed by atoms with Gasteiger partial charge in [0.05, 0.1) is 6.04 Å². The first-order valence-corrected chi connectivity index (χ1v) is 3.09. The van der Waals surface area contributed by atoms with Gasteiger partial charge in [-0.25, -0.2) is 5.48 Å². The molecule has 60 valence electrons. The van der Waals surface area contributed by atoms with Crippen LogP contribution < -0.4 is 11.2 Å². The Morgan fingerprint density at radius 1 is 1.60 bits per heavy atom. The van der Waals surface area contributed by atoms with E-state index >= 15 is 0 Å². The molecule has 0 spiro atoms. The molecule has 0 rings (SSSR count). The topological polar surface area (TPSA) is 75.4 Å². The second-order valence-electron chi connectivity index (χ2n) is 3.32. The molecule has 0 aliphatic heterocycles. The Kier molecular flexibility index (Phi) is 2.80.